The first kappa shape index (κ1) is 12.6. The molecule has 106 valence electrons. The summed E-state index contributed by atoms with van der Waals surface area (Å²) in [6.07, 6.45) is 0.794. The molecular formula is C18H18N2O. The Balaban J connectivity index is 1.50. The van der Waals surface area contributed by atoms with Crippen LogP contribution in [-0.2, 0) is 30.8 Å². The van der Waals surface area contributed by atoms with Crippen molar-refractivity contribution in [3.8, 4) is 0 Å². The van der Waals surface area contributed by atoms with E-state index < -0.39 is 0 Å². The largest absolute Gasteiger partial charge is 0.333 e. The maximum Gasteiger partial charge on any atom is 0.240 e. The first-order valence-corrected chi connectivity index (χ1v) is 7.47. The molecule has 1 amide bonds. The number of carbonyl (C=O) groups is 1. The predicted octanol–water partition coefficient (Wildman–Crippen LogP) is 2.24. The fraction of sp³-hybridized carbons (Fsp3) is 0.278. The van der Waals surface area contributed by atoms with Gasteiger partial charge in [-0.25, -0.2) is 0 Å². The highest BCUT2D eigenvalue weighted by Gasteiger charge is 2.30. The minimum atomic E-state index is -0.0887. The van der Waals surface area contributed by atoms with Gasteiger partial charge in [-0.3, -0.25) is 4.79 Å². The van der Waals surface area contributed by atoms with Crippen molar-refractivity contribution in [2.24, 2.45) is 0 Å². The average Bonchev–Trinajstić information content (AvgIpc) is 2.97. The number of hydrogen-bond acceptors (Lipinski definition) is 2. The molecule has 0 aromatic heterocycles. The molecule has 2 aromatic carbocycles. The van der Waals surface area contributed by atoms with Gasteiger partial charge >= 0.3 is 0 Å². The van der Waals surface area contributed by atoms with Crippen molar-refractivity contribution in [2.45, 2.75) is 32.1 Å². The molecule has 3 nitrogen and oxygen atoms in total. The van der Waals surface area contributed by atoms with Crippen LogP contribution in [0.2, 0.25) is 0 Å². The Morgan fingerprint density at radius 1 is 0.905 bits per heavy atom. The molecule has 2 heterocycles. The van der Waals surface area contributed by atoms with Gasteiger partial charge in [-0.2, -0.15) is 0 Å². The number of nitrogens with zero attached hydrogens (tertiary/aromatic N) is 1. The minimum Gasteiger partial charge on any atom is -0.333 e. The second-order valence-corrected chi connectivity index (χ2v) is 5.87. The van der Waals surface area contributed by atoms with E-state index in [4.69, 9.17) is 0 Å². The van der Waals surface area contributed by atoms with E-state index in [0.29, 0.717) is 0 Å². The third-order valence-electron chi connectivity index (χ3n) is 4.53. The Bertz CT molecular complexity index is 670. The maximum atomic E-state index is 12.7. The third-order valence-corrected chi connectivity index (χ3v) is 4.53. The van der Waals surface area contributed by atoms with Crippen molar-refractivity contribution in [3.05, 3.63) is 70.8 Å². The van der Waals surface area contributed by atoms with Crippen molar-refractivity contribution in [1.29, 1.82) is 0 Å². The van der Waals surface area contributed by atoms with E-state index in [0.717, 1.165) is 26.1 Å². The van der Waals surface area contributed by atoms with E-state index >= 15 is 0 Å². The Hall–Kier alpha value is -2.13. The van der Waals surface area contributed by atoms with Crippen molar-refractivity contribution in [3.63, 3.8) is 0 Å². The number of nitrogens with one attached hydrogen (secondary N) is 1. The average molecular weight is 278 g/mol. The van der Waals surface area contributed by atoms with Crippen LogP contribution < -0.4 is 5.32 Å². The first-order chi connectivity index (χ1) is 10.3. The molecule has 1 atom stereocenters. The van der Waals surface area contributed by atoms with Gasteiger partial charge in [0, 0.05) is 19.6 Å². The van der Waals surface area contributed by atoms with E-state index in [1.807, 2.05) is 17.0 Å². The Labute approximate surface area is 124 Å². The zero-order valence-electron chi connectivity index (χ0n) is 11.9. The SMILES string of the molecule is O=C([C@H]1Cc2ccccc2CN1)N1Cc2ccccc2C1. The zero-order valence-corrected chi connectivity index (χ0v) is 11.9. The predicted molar refractivity (Wildman–Crippen MR) is 81.5 cm³/mol. The Morgan fingerprint density at radius 3 is 2.14 bits per heavy atom. The van der Waals surface area contributed by atoms with Gasteiger partial charge in [0.05, 0.1) is 6.04 Å². The standard InChI is InChI=1S/C18H18N2O/c21-18(20-11-15-7-3-4-8-16(15)12-20)17-9-13-5-1-2-6-14(13)10-19-17/h1-8,17,19H,9-12H2/t17-/m1/s1. The van der Waals surface area contributed by atoms with Gasteiger partial charge in [0.25, 0.3) is 0 Å². The third kappa shape index (κ3) is 2.24. The fourth-order valence-corrected chi connectivity index (χ4v) is 3.34. The number of benzene rings is 2. The van der Waals surface area contributed by atoms with Crippen LogP contribution >= 0.6 is 0 Å². The van der Waals surface area contributed by atoms with Crippen molar-refractivity contribution in [2.75, 3.05) is 0 Å². The molecule has 2 aliphatic rings. The van der Waals surface area contributed by atoms with E-state index in [1.54, 1.807) is 0 Å². The molecule has 0 saturated carbocycles. The lowest BCUT2D eigenvalue weighted by Gasteiger charge is -2.28. The molecular weight excluding hydrogens is 260 g/mol. The minimum absolute atomic E-state index is 0.0887. The number of rotatable bonds is 1. The summed E-state index contributed by atoms with van der Waals surface area (Å²) in [6, 6.07) is 16.6. The second-order valence-electron chi connectivity index (χ2n) is 5.87. The lowest BCUT2D eigenvalue weighted by molar-refractivity contribution is -0.134. The smallest absolute Gasteiger partial charge is 0.240 e. The summed E-state index contributed by atoms with van der Waals surface area (Å²) in [7, 11) is 0. The number of hydrogen-bond donors (Lipinski definition) is 1. The van der Waals surface area contributed by atoms with E-state index in [-0.39, 0.29) is 11.9 Å². The van der Waals surface area contributed by atoms with Crippen LogP contribution in [0, 0.1) is 0 Å². The molecule has 4 rings (SSSR count). The molecule has 2 aromatic rings. The molecule has 0 aliphatic carbocycles. The van der Waals surface area contributed by atoms with Gasteiger partial charge < -0.3 is 10.2 Å². The van der Waals surface area contributed by atoms with Crippen LogP contribution in [0.1, 0.15) is 22.3 Å². The fourth-order valence-electron chi connectivity index (χ4n) is 3.34. The first-order valence-electron chi connectivity index (χ1n) is 7.47. The van der Waals surface area contributed by atoms with Crippen LogP contribution in [0.15, 0.2) is 48.5 Å². The highest BCUT2D eigenvalue weighted by molar-refractivity contribution is 5.83. The van der Waals surface area contributed by atoms with E-state index in [1.165, 1.54) is 22.3 Å². The van der Waals surface area contributed by atoms with Crippen LogP contribution in [0.4, 0.5) is 0 Å². The monoisotopic (exact) mass is 278 g/mol. The summed E-state index contributed by atoms with van der Waals surface area (Å²) in [6.45, 7) is 2.27. The number of carbonyl (C=O) groups excluding carboxylic acids is 1. The summed E-state index contributed by atoms with van der Waals surface area (Å²) in [4.78, 5) is 14.7. The molecule has 2 aliphatic heterocycles. The molecule has 21 heavy (non-hydrogen) atoms. The van der Waals surface area contributed by atoms with Gasteiger partial charge in [-0.05, 0) is 28.7 Å². The summed E-state index contributed by atoms with van der Waals surface area (Å²) >= 11 is 0. The van der Waals surface area contributed by atoms with Crippen LogP contribution in [-0.4, -0.2) is 16.8 Å². The van der Waals surface area contributed by atoms with E-state index in [9.17, 15) is 4.79 Å². The van der Waals surface area contributed by atoms with Gasteiger partial charge in [0.15, 0.2) is 0 Å². The summed E-state index contributed by atoms with van der Waals surface area (Å²) in [5, 5.41) is 3.39. The van der Waals surface area contributed by atoms with Gasteiger partial charge in [-0.15, -0.1) is 0 Å². The van der Waals surface area contributed by atoms with Gasteiger partial charge in [0.1, 0.15) is 0 Å². The Kier molecular flexibility index (Phi) is 3.00. The molecule has 0 saturated heterocycles. The summed E-state index contributed by atoms with van der Waals surface area (Å²) < 4.78 is 0. The lowest BCUT2D eigenvalue weighted by atomic mass is 9.95. The molecule has 1 N–H and O–H groups in total. The lowest BCUT2D eigenvalue weighted by Crippen LogP contribution is -2.47. The van der Waals surface area contributed by atoms with Gasteiger partial charge in [-0.1, -0.05) is 48.5 Å². The topological polar surface area (TPSA) is 32.3 Å². The highest BCUT2D eigenvalue weighted by Crippen LogP contribution is 2.24. The molecule has 0 bridgehead atoms. The molecule has 0 spiro atoms. The van der Waals surface area contributed by atoms with Crippen molar-refractivity contribution >= 4 is 5.91 Å². The van der Waals surface area contributed by atoms with Crippen molar-refractivity contribution in [1.82, 2.24) is 10.2 Å². The second kappa shape index (κ2) is 5.01. The van der Waals surface area contributed by atoms with Crippen LogP contribution in [0.25, 0.3) is 0 Å². The van der Waals surface area contributed by atoms with E-state index in [2.05, 4.69) is 41.7 Å². The summed E-state index contributed by atoms with van der Waals surface area (Å²) in [5.74, 6) is 0.223. The molecule has 3 heteroatoms. The van der Waals surface area contributed by atoms with Crippen LogP contribution in [0.3, 0.4) is 0 Å². The molecule has 0 unspecified atom stereocenters. The van der Waals surface area contributed by atoms with Crippen molar-refractivity contribution < 1.29 is 4.79 Å². The number of amides is 1. The molecule has 0 radical (unpaired) electrons. The summed E-state index contributed by atoms with van der Waals surface area (Å²) in [5.41, 5.74) is 5.17. The maximum absolute atomic E-state index is 12.7. The Morgan fingerprint density at radius 2 is 1.48 bits per heavy atom. The molecule has 0 fully saturated rings. The number of fused-ring (bicyclic) bond motifs is 2. The quantitative estimate of drug-likeness (QED) is 0.867. The zero-order chi connectivity index (χ0) is 14.2. The highest BCUT2D eigenvalue weighted by atomic mass is 16.2. The van der Waals surface area contributed by atoms with Gasteiger partial charge in [0.2, 0.25) is 5.91 Å². The van der Waals surface area contributed by atoms with Crippen LogP contribution in [0.5, 0.6) is 0 Å². The normalized spacial score (nSPS) is 20.0.